The summed E-state index contributed by atoms with van der Waals surface area (Å²) in [5.41, 5.74) is 4.19. The van der Waals surface area contributed by atoms with Crippen molar-refractivity contribution >= 4 is 22.6 Å². The van der Waals surface area contributed by atoms with Crippen LogP contribution in [0.5, 0.6) is 11.5 Å². The molecule has 0 atom stereocenters. The third-order valence-corrected chi connectivity index (χ3v) is 4.18. The van der Waals surface area contributed by atoms with Crippen molar-refractivity contribution < 1.29 is 14.2 Å². The van der Waals surface area contributed by atoms with Gasteiger partial charge in [-0.2, -0.15) is 0 Å². The Morgan fingerprint density at radius 2 is 2.00 bits per heavy atom. The fraction of sp³-hybridized carbons (Fsp3) is 0.524. The molecule has 0 amide bonds. The van der Waals surface area contributed by atoms with Crippen molar-refractivity contribution in [2.45, 2.75) is 46.3 Å². The van der Waals surface area contributed by atoms with Gasteiger partial charge in [0.05, 0.1) is 18.2 Å². The van der Waals surface area contributed by atoms with E-state index in [1.54, 1.807) is 7.11 Å². The van der Waals surface area contributed by atoms with Crippen molar-refractivity contribution in [1.82, 2.24) is 10.4 Å². The topological polar surface area (TPSA) is 68.2 Å². The average molecular weight is 386 g/mol. The minimum atomic E-state index is 0.0701. The fourth-order valence-corrected chi connectivity index (χ4v) is 3.05. The van der Waals surface area contributed by atoms with Crippen molar-refractivity contribution in [2.75, 3.05) is 31.9 Å². The van der Waals surface area contributed by atoms with Crippen molar-refractivity contribution in [3.63, 3.8) is 0 Å². The largest absolute Gasteiger partial charge is 0.491 e. The second-order valence-electron chi connectivity index (χ2n) is 7.35. The van der Waals surface area contributed by atoms with Crippen LogP contribution in [0.15, 0.2) is 29.3 Å². The Morgan fingerprint density at radius 1 is 1.18 bits per heavy atom. The molecule has 0 spiro atoms. The van der Waals surface area contributed by atoms with Crippen LogP contribution in [-0.4, -0.2) is 49.8 Å². The number of nitrogens with zero attached hydrogens (tertiary/aromatic N) is 3. The molecule has 1 aromatic carbocycles. The molecule has 0 unspecified atom stereocenters. The van der Waals surface area contributed by atoms with Gasteiger partial charge >= 0.3 is 0 Å². The SMILES string of the molecule is COCCOc1ccc2c(OC(C)C)cc(N3CCC(=NC(C)C)N3)nc2c1. The van der Waals surface area contributed by atoms with E-state index in [4.69, 9.17) is 19.2 Å². The molecule has 7 heteroatoms. The Hall–Kier alpha value is -2.54. The molecule has 7 nitrogen and oxygen atoms in total. The van der Waals surface area contributed by atoms with Gasteiger partial charge in [0.15, 0.2) is 5.82 Å². The van der Waals surface area contributed by atoms with Crippen molar-refractivity contribution in [3.05, 3.63) is 24.3 Å². The van der Waals surface area contributed by atoms with Crippen LogP contribution in [0.1, 0.15) is 34.1 Å². The number of aliphatic imine (C=N–C) groups is 1. The molecule has 2 aromatic rings. The zero-order valence-electron chi connectivity index (χ0n) is 17.4. The minimum absolute atomic E-state index is 0.0701. The Labute approximate surface area is 166 Å². The third kappa shape index (κ3) is 5.04. The number of fused-ring (bicyclic) bond motifs is 1. The summed E-state index contributed by atoms with van der Waals surface area (Å²) in [6.07, 6.45) is 0.944. The summed E-state index contributed by atoms with van der Waals surface area (Å²) in [5.74, 6) is 3.38. The fourth-order valence-electron chi connectivity index (χ4n) is 3.05. The molecule has 0 bridgehead atoms. The Morgan fingerprint density at radius 3 is 2.71 bits per heavy atom. The molecule has 0 radical (unpaired) electrons. The first-order valence-corrected chi connectivity index (χ1v) is 9.80. The van der Waals surface area contributed by atoms with Crippen LogP contribution < -0.4 is 19.9 Å². The van der Waals surface area contributed by atoms with Crippen LogP contribution >= 0.6 is 0 Å². The van der Waals surface area contributed by atoms with Crippen LogP contribution in [0.3, 0.4) is 0 Å². The monoisotopic (exact) mass is 386 g/mol. The van der Waals surface area contributed by atoms with Gasteiger partial charge in [0, 0.05) is 43.6 Å². The van der Waals surface area contributed by atoms with E-state index in [2.05, 4.69) is 24.3 Å². The molecule has 1 saturated heterocycles. The number of benzene rings is 1. The van der Waals surface area contributed by atoms with E-state index < -0.39 is 0 Å². The number of methoxy groups -OCH3 is 1. The Bertz CT molecular complexity index is 836. The van der Waals surface area contributed by atoms with Gasteiger partial charge in [-0.05, 0) is 39.8 Å². The highest BCUT2D eigenvalue weighted by molar-refractivity contribution is 5.90. The van der Waals surface area contributed by atoms with Crippen molar-refractivity contribution in [1.29, 1.82) is 0 Å². The predicted molar refractivity (Wildman–Crippen MR) is 113 cm³/mol. The summed E-state index contributed by atoms with van der Waals surface area (Å²) in [6, 6.07) is 8.13. The second-order valence-corrected chi connectivity index (χ2v) is 7.35. The summed E-state index contributed by atoms with van der Waals surface area (Å²) in [4.78, 5) is 9.46. The molecule has 1 aliphatic rings. The molecule has 1 aromatic heterocycles. The predicted octanol–water partition coefficient (Wildman–Crippen LogP) is 3.57. The number of hydrogen-bond donors (Lipinski definition) is 1. The lowest BCUT2D eigenvalue weighted by atomic mass is 10.2. The van der Waals surface area contributed by atoms with E-state index in [1.807, 2.05) is 43.1 Å². The number of ether oxygens (including phenoxy) is 3. The Kier molecular flexibility index (Phi) is 6.57. The molecule has 0 aliphatic carbocycles. The maximum absolute atomic E-state index is 6.07. The lowest BCUT2D eigenvalue weighted by Crippen LogP contribution is -2.34. The highest BCUT2D eigenvalue weighted by Gasteiger charge is 2.21. The molecule has 28 heavy (non-hydrogen) atoms. The number of anilines is 1. The number of nitrogens with one attached hydrogen (secondary N) is 1. The first-order valence-electron chi connectivity index (χ1n) is 9.80. The molecule has 2 heterocycles. The molecular weight excluding hydrogens is 356 g/mol. The molecule has 0 saturated carbocycles. The second kappa shape index (κ2) is 9.10. The zero-order chi connectivity index (χ0) is 20.1. The number of aromatic nitrogens is 1. The first kappa shape index (κ1) is 20.2. The number of pyridine rings is 1. The van der Waals surface area contributed by atoms with Gasteiger partial charge in [0.1, 0.15) is 23.9 Å². The van der Waals surface area contributed by atoms with Gasteiger partial charge in [0.2, 0.25) is 0 Å². The van der Waals surface area contributed by atoms with Crippen molar-refractivity contribution in [2.24, 2.45) is 4.99 Å². The van der Waals surface area contributed by atoms with E-state index in [1.165, 1.54) is 0 Å². The van der Waals surface area contributed by atoms with Crippen molar-refractivity contribution in [3.8, 4) is 11.5 Å². The highest BCUT2D eigenvalue weighted by Crippen LogP contribution is 2.32. The Balaban J connectivity index is 1.93. The summed E-state index contributed by atoms with van der Waals surface area (Å²) in [7, 11) is 1.66. The molecular formula is C21H30N4O3. The number of hydrazine groups is 1. The van der Waals surface area contributed by atoms with Gasteiger partial charge in [-0.25, -0.2) is 4.98 Å². The van der Waals surface area contributed by atoms with E-state index in [0.29, 0.717) is 13.2 Å². The lowest BCUT2D eigenvalue weighted by molar-refractivity contribution is 0.146. The average Bonchev–Trinajstić information content (AvgIpc) is 3.09. The van der Waals surface area contributed by atoms with Gasteiger partial charge in [0.25, 0.3) is 0 Å². The van der Waals surface area contributed by atoms with Gasteiger partial charge in [-0.15, -0.1) is 0 Å². The highest BCUT2D eigenvalue weighted by atomic mass is 16.5. The maximum atomic E-state index is 6.07. The summed E-state index contributed by atoms with van der Waals surface area (Å²) in [5, 5.41) is 2.98. The van der Waals surface area contributed by atoms with E-state index >= 15 is 0 Å². The third-order valence-electron chi connectivity index (χ3n) is 4.18. The maximum Gasteiger partial charge on any atom is 0.151 e. The molecule has 1 fully saturated rings. The minimum Gasteiger partial charge on any atom is -0.491 e. The first-order chi connectivity index (χ1) is 13.5. The summed E-state index contributed by atoms with van der Waals surface area (Å²) < 4.78 is 16.9. The standard InChI is InChI=1S/C21H30N4O3/c1-14(2)22-20-8-9-25(24-20)21-13-19(28-15(3)4)17-7-6-16(12-18(17)23-21)27-11-10-26-5/h6-7,12-15H,8-11H2,1-5H3,(H,22,24). The van der Waals surface area contributed by atoms with Crippen LogP contribution in [-0.2, 0) is 4.74 Å². The van der Waals surface area contributed by atoms with Crippen LogP contribution in [0.25, 0.3) is 10.9 Å². The number of amidine groups is 1. The van der Waals surface area contributed by atoms with E-state index in [-0.39, 0.29) is 12.1 Å². The van der Waals surface area contributed by atoms with Crippen LogP contribution in [0, 0.1) is 0 Å². The summed E-state index contributed by atoms with van der Waals surface area (Å²) >= 11 is 0. The molecule has 1 N–H and O–H groups in total. The van der Waals surface area contributed by atoms with E-state index in [9.17, 15) is 0 Å². The summed E-state index contributed by atoms with van der Waals surface area (Å²) in [6.45, 7) is 10.1. The quantitative estimate of drug-likeness (QED) is 0.700. The number of rotatable bonds is 8. The molecule has 1 aliphatic heterocycles. The lowest BCUT2D eigenvalue weighted by Gasteiger charge is -2.20. The van der Waals surface area contributed by atoms with Crippen LogP contribution in [0.2, 0.25) is 0 Å². The van der Waals surface area contributed by atoms with Gasteiger partial charge < -0.3 is 14.2 Å². The smallest absolute Gasteiger partial charge is 0.151 e. The number of hydrogen-bond acceptors (Lipinski definition) is 6. The normalized spacial score (nSPS) is 15.7. The van der Waals surface area contributed by atoms with Gasteiger partial charge in [-0.3, -0.25) is 15.4 Å². The molecule has 152 valence electrons. The molecule has 3 rings (SSSR count). The van der Waals surface area contributed by atoms with Gasteiger partial charge in [-0.1, -0.05) is 0 Å². The van der Waals surface area contributed by atoms with E-state index in [0.717, 1.165) is 47.0 Å². The zero-order valence-corrected chi connectivity index (χ0v) is 17.4. The van der Waals surface area contributed by atoms with Crippen LogP contribution in [0.4, 0.5) is 5.82 Å².